The van der Waals surface area contributed by atoms with Crippen LogP contribution in [0.3, 0.4) is 0 Å². The third-order valence-electron chi connectivity index (χ3n) is 5.79. The Morgan fingerprint density at radius 2 is 1.90 bits per heavy atom. The number of likely N-dealkylation sites (tertiary alicyclic amines) is 1. The van der Waals surface area contributed by atoms with Gasteiger partial charge in [0.05, 0.1) is 0 Å². The van der Waals surface area contributed by atoms with Gasteiger partial charge < -0.3 is 15.2 Å². The highest BCUT2D eigenvalue weighted by atomic mass is 15.2. The molecule has 0 amide bonds. The lowest BCUT2D eigenvalue weighted by Crippen LogP contribution is -2.49. The van der Waals surface area contributed by atoms with Crippen LogP contribution in [0.25, 0.3) is 0 Å². The van der Waals surface area contributed by atoms with E-state index in [0.29, 0.717) is 24.5 Å². The van der Waals surface area contributed by atoms with E-state index >= 15 is 0 Å². The minimum Gasteiger partial charge on any atom is -0.357 e. The maximum atomic E-state index is 4.82. The van der Waals surface area contributed by atoms with Crippen molar-refractivity contribution in [3.8, 4) is 0 Å². The third kappa shape index (κ3) is 6.33. The van der Waals surface area contributed by atoms with Crippen molar-refractivity contribution < 1.29 is 0 Å². The van der Waals surface area contributed by atoms with E-state index in [1.54, 1.807) is 0 Å². The van der Waals surface area contributed by atoms with Crippen molar-refractivity contribution in [1.29, 1.82) is 0 Å². The summed E-state index contributed by atoms with van der Waals surface area (Å²) in [7, 11) is 0. The Bertz CT molecular complexity index is 774. The molecule has 2 N–H and O–H groups in total. The fourth-order valence-electron chi connectivity index (χ4n) is 4.09. The second-order valence-electron chi connectivity index (χ2n) is 8.63. The summed E-state index contributed by atoms with van der Waals surface area (Å²) in [5.41, 5.74) is 1.40. The number of nitrogens with zero attached hydrogens (tertiary/aromatic N) is 4. The monoisotopic (exact) mass is 410 g/mol. The average Bonchev–Trinajstić information content (AvgIpc) is 3.19. The lowest BCUT2D eigenvalue weighted by atomic mass is 10.0. The van der Waals surface area contributed by atoms with Crippen molar-refractivity contribution in [2.45, 2.75) is 65.7 Å². The molecular weight excluding hydrogens is 372 g/mol. The molecule has 2 aromatic rings. The molecule has 0 radical (unpaired) electrons. The molecule has 1 aliphatic heterocycles. The quantitative estimate of drug-likeness (QED) is 0.513. The van der Waals surface area contributed by atoms with Crippen LogP contribution >= 0.6 is 0 Å². The number of rotatable bonds is 8. The molecule has 1 aromatic heterocycles. The number of guanidine groups is 1. The molecule has 1 saturated heterocycles. The van der Waals surface area contributed by atoms with Crippen LogP contribution in [-0.4, -0.2) is 46.1 Å². The first kappa shape index (κ1) is 22.3. The third-order valence-corrected chi connectivity index (χ3v) is 5.79. The largest absolute Gasteiger partial charge is 0.357 e. The van der Waals surface area contributed by atoms with E-state index in [2.05, 4.69) is 89.3 Å². The molecular formula is C24H38N6. The summed E-state index contributed by atoms with van der Waals surface area (Å²) in [5.74, 6) is 2.51. The predicted octanol–water partition coefficient (Wildman–Crippen LogP) is 3.82. The number of imidazole rings is 1. The standard InChI is InChI=1S/C24H38N6/c1-5-25-24(27-17-23-26-13-16-30(23)18-19(2)3)28-22-11-14-29(15-12-22)20(4)21-9-7-6-8-10-21/h6-10,13,16,19-20,22H,5,11-12,14-15,17-18H2,1-4H3,(H2,25,27,28). The normalized spacial score (nSPS) is 17.3. The minimum atomic E-state index is 0.456. The smallest absolute Gasteiger partial charge is 0.191 e. The Morgan fingerprint density at radius 3 is 2.57 bits per heavy atom. The van der Waals surface area contributed by atoms with Crippen molar-refractivity contribution in [3.05, 3.63) is 54.1 Å². The van der Waals surface area contributed by atoms with Crippen molar-refractivity contribution in [2.24, 2.45) is 10.9 Å². The van der Waals surface area contributed by atoms with Gasteiger partial charge in [-0.15, -0.1) is 0 Å². The van der Waals surface area contributed by atoms with Crippen molar-refractivity contribution in [3.63, 3.8) is 0 Å². The van der Waals surface area contributed by atoms with E-state index < -0.39 is 0 Å². The van der Waals surface area contributed by atoms with Gasteiger partial charge in [0.25, 0.3) is 0 Å². The van der Waals surface area contributed by atoms with Gasteiger partial charge in [-0.1, -0.05) is 44.2 Å². The first-order valence-corrected chi connectivity index (χ1v) is 11.4. The van der Waals surface area contributed by atoms with Gasteiger partial charge in [0, 0.05) is 50.7 Å². The minimum absolute atomic E-state index is 0.456. The molecule has 30 heavy (non-hydrogen) atoms. The molecule has 0 saturated carbocycles. The summed E-state index contributed by atoms with van der Waals surface area (Å²) in [6.07, 6.45) is 6.18. The molecule has 164 valence electrons. The SMILES string of the molecule is CCNC(=NCc1nccn1CC(C)C)NC1CCN(C(C)c2ccccc2)CC1. The van der Waals surface area contributed by atoms with E-state index in [9.17, 15) is 0 Å². The van der Waals surface area contributed by atoms with Crippen molar-refractivity contribution >= 4 is 5.96 Å². The molecule has 6 heteroatoms. The van der Waals surface area contributed by atoms with Crippen LogP contribution in [0, 0.1) is 5.92 Å². The average molecular weight is 411 g/mol. The Labute approximate surface area is 181 Å². The Morgan fingerprint density at radius 1 is 1.17 bits per heavy atom. The van der Waals surface area contributed by atoms with E-state index in [1.165, 1.54) is 5.56 Å². The summed E-state index contributed by atoms with van der Waals surface area (Å²) in [4.78, 5) is 11.9. The molecule has 1 atom stereocenters. The fourth-order valence-corrected chi connectivity index (χ4v) is 4.09. The summed E-state index contributed by atoms with van der Waals surface area (Å²) < 4.78 is 2.21. The first-order valence-electron chi connectivity index (χ1n) is 11.4. The van der Waals surface area contributed by atoms with E-state index in [4.69, 9.17) is 4.99 Å². The van der Waals surface area contributed by atoms with Gasteiger partial charge >= 0.3 is 0 Å². The molecule has 0 bridgehead atoms. The van der Waals surface area contributed by atoms with Crippen LogP contribution in [0.5, 0.6) is 0 Å². The van der Waals surface area contributed by atoms with E-state index in [1.807, 2.05) is 6.20 Å². The van der Waals surface area contributed by atoms with Crippen molar-refractivity contribution in [1.82, 2.24) is 25.1 Å². The van der Waals surface area contributed by atoms with Crippen LogP contribution in [0.1, 0.15) is 58.0 Å². The van der Waals surface area contributed by atoms with Crippen LogP contribution in [-0.2, 0) is 13.1 Å². The molecule has 2 heterocycles. The van der Waals surface area contributed by atoms with Crippen LogP contribution in [0.4, 0.5) is 0 Å². The first-order chi connectivity index (χ1) is 14.6. The zero-order valence-electron chi connectivity index (χ0n) is 19.0. The maximum Gasteiger partial charge on any atom is 0.191 e. The Hall–Kier alpha value is -2.34. The molecule has 1 aromatic carbocycles. The lowest BCUT2D eigenvalue weighted by Gasteiger charge is -2.37. The number of aliphatic imine (C=N–C) groups is 1. The Kier molecular flexibility index (Phi) is 8.31. The fraction of sp³-hybridized carbons (Fsp3) is 0.583. The van der Waals surface area contributed by atoms with Crippen LogP contribution in [0.15, 0.2) is 47.7 Å². The summed E-state index contributed by atoms with van der Waals surface area (Å²) in [6.45, 7) is 13.5. The van der Waals surface area contributed by atoms with Crippen LogP contribution < -0.4 is 10.6 Å². The Balaban J connectivity index is 1.53. The highest BCUT2D eigenvalue weighted by Gasteiger charge is 2.24. The van der Waals surface area contributed by atoms with Gasteiger partial charge in [0.15, 0.2) is 5.96 Å². The number of hydrogen-bond acceptors (Lipinski definition) is 3. The van der Waals surface area contributed by atoms with E-state index in [-0.39, 0.29) is 0 Å². The zero-order valence-corrected chi connectivity index (χ0v) is 19.0. The van der Waals surface area contributed by atoms with Crippen molar-refractivity contribution in [2.75, 3.05) is 19.6 Å². The topological polar surface area (TPSA) is 57.5 Å². The number of hydrogen-bond donors (Lipinski definition) is 2. The number of piperidine rings is 1. The van der Waals surface area contributed by atoms with Gasteiger partial charge in [0.2, 0.25) is 0 Å². The second-order valence-corrected chi connectivity index (χ2v) is 8.63. The molecule has 1 aliphatic rings. The highest BCUT2D eigenvalue weighted by molar-refractivity contribution is 5.80. The molecule has 0 spiro atoms. The summed E-state index contributed by atoms with van der Waals surface area (Å²) >= 11 is 0. The molecule has 3 rings (SSSR count). The molecule has 1 unspecified atom stereocenters. The number of aromatic nitrogens is 2. The van der Waals surface area contributed by atoms with Gasteiger partial charge in [0.1, 0.15) is 12.4 Å². The zero-order chi connectivity index (χ0) is 21.3. The number of nitrogens with one attached hydrogen (secondary N) is 2. The molecule has 1 fully saturated rings. The summed E-state index contributed by atoms with van der Waals surface area (Å²) in [6, 6.07) is 11.7. The highest BCUT2D eigenvalue weighted by Crippen LogP contribution is 2.24. The predicted molar refractivity (Wildman–Crippen MR) is 124 cm³/mol. The lowest BCUT2D eigenvalue weighted by molar-refractivity contribution is 0.158. The van der Waals surface area contributed by atoms with Crippen LogP contribution in [0.2, 0.25) is 0 Å². The molecule has 6 nitrogen and oxygen atoms in total. The number of benzene rings is 1. The van der Waals surface area contributed by atoms with Gasteiger partial charge in [-0.25, -0.2) is 9.98 Å². The second kappa shape index (κ2) is 11.2. The molecule has 0 aliphatic carbocycles. The van der Waals surface area contributed by atoms with Gasteiger partial charge in [-0.05, 0) is 38.2 Å². The van der Waals surface area contributed by atoms with Gasteiger partial charge in [-0.2, -0.15) is 0 Å². The summed E-state index contributed by atoms with van der Waals surface area (Å²) in [5, 5.41) is 7.05. The van der Waals surface area contributed by atoms with E-state index in [0.717, 1.165) is 50.8 Å². The van der Waals surface area contributed by atoms with Gasteiger partial charge in [-0.3, -0.25) is 4.90 Å². The maximum absolute atomic E-state index is 4.82.